The van der Waals surface area contributed by atoms with Crippen LogP contribution in [0.5, 0.6) is 5.75 Å². The summed E-state index contributed by atoms with van der Waals surface area (Å²) in [6.45, 7) is 1.85. The lowest BCUT2D eigenvalue weighted by atomic mass is 10.0. The minimum Gasteiger partial charge on any atom is -0.496 e. The summed E-state index contributed by atoms with van der Waals surface area (Å²) in [5.74, 6) is 0.590. The van der Waals surface area contributed by atoms with Gasteiger partial charge in [0.05, 0.1) is 18.4 Å². The SMILES string of the molecule is COc1ccccc1-c1nn(-c2ccccc2)cc1C(=O)NC1CCNCC1.Cl. The molecule has 2 N–H and O–H groups in total. The number of para-hydroxylation sites is 2. The Labute approximate surface area is 176 Å². The summed E-state index contributed by atoms with van der Waals surface area (Å²) in [5, 5.41) is 11.2. The van der Waals surface area contributed by atoms with Crippen LogP contribution < -0.4 is 15.4 Å². The number of benzene rings is 2. The monoisotopic (exact) mass is 412 g/mol. The van der Waals surface area contributed by atoms with E-state index in [1.54, 1.807) is 18.0 Å². The molecule has 0 saturated carbocycles. The lowest BCUT2D eigenvalue weighted by Gasteiger charge is -2.23. The van der Waals surface area contributed by atoms with Crippen LogP contribution in [-0.2, 0) is 0 Å². The van der Waals surface area contributed by atoms with Crippen LogP contribution in [0.2, 0.25) is 0 Å². The number of nitrogens with zero attached hydrogens (tertiary/aromatic N) is 2. The molecule has 3 aromatic rings. The summed E-state index contributed by atoms with van der Waals surface area (Å²) < 4.78 is 7.26. The van der Waals surface area contributed by atoms with E-state index in [-0.39, 0.29) is 24.4 Å². The van der Waals surface area contributed by atoms with Gasteiger partial charge in [0.2, 0.25) is 0 Å². The van der Waals surface area contributed by atoms with Gasteiger partial charge < -0.3 is 15.4 Å². The second-order valence-corrected chi connectivity index (χ2v) is 6.87. The molecule has 1 amide bonds. The van der Waals surface area contributed by atoms with Gasteiger partial charge in [0.15, 0.2) is 0 Å². The van der Waals surface area contributed by atoms with Gasteiger partial charge in [-0.2, -0.15) is 5.10 Å². The van der Waals surface area contributed by atoms with Gasteiger partial charge in [-0.15, -0.1) is 12.4 Å². The van der Waals surface area contributed by atoms with Crippen LogP contribution in [0.1, 0.15) is 23.2 Å². The standard InChI is InChI=1S/C22H24N4O2.ClH/c1-28-20-10-6-5-9-18(20)21-19(22(27)24-16-11-13-23-14-12-16)15-26(25-21)17-7-3-2-4-8-17;/h2-10,15-16,23H,11-14H2,1H3,(H,24,27);1H. The third-order valence-electron chi connectivity index (χ3n) is 5.02. The van der Waals surface area contributed by atoms with Crippen LogP contribution in [-0.4, -0.2) is 41.9 Å². The number of hydrogen-bond donors (Lipinski definition) is 2. The molecule has 1 fully saturated rings. The minimum atomic E-state index is -0.102. The second-order valence-electron chi connectivity index (χ2n) is 6.87. The first kappa shape index (κ1) is 20.9. The van der Waals surface area contributed by atoms with E-state index in [1.807, 2.05) is 54.6 Å². The van der Waals surface area contributed by atoms with Crippen molar-refractivity contribution in [3.8, 4) is 22.7 Å². The number of halogens is 1. The molecule has 152 valence electrons. The Bertz CT molecular complexity index is 952. The molecule has 1 aliphatic rings. The number of carbonyl (C=O) groups excluding carboxylic acids is 1. The number of carbonyl (C=O) groups is 1. The molecule has 2 heterocycles. The third kappa shape index (κ3) is 4.60. The van der Waals surface area contributed by atoms with Gasteiger partial charge in [-0.3, -0.25) is 4.79 Å². The Balaban J connectivity index is 0.00000240. The summed E-state index contributed by atoms with van der Waals surface area (Å²) in [6.07, 6.45) is 3.67. The van der Waals surface area contributed by atoms with E-state index < -0.39 is 0 Å². The number of rotatable bonds is 5. The molecule has 0 spiro atoms. The Kier molecular flexibility index (Phi) is 6.90. The normalized spacial score (nSPS) is 14.1. The smallest absolute Gasteiger partial charge is 0.255 e. The fourth-order valence-corrected chi connectivity index (χ4v) is 3.52. The lowest BCUT2D eigenvalue weighted by Crippen LogP contribution is -2.42. The predicted octanol–water partition coefficient (Wildman–Crippen LogP) is 3.45. The Hall–Kier alpha value is -2.83. The highest BCUT2D eigenvalue weighted by Crippen LogP contribution is 2.31. The molecule has 0 radical (unpaired) electrons. The molecule has 2 aromatic carbocycles. The van der Waals surface area contributed by atoms with Crippen LogP contribution >= 0.6 is 12.4 Å². The number of amides is 1. The highest BCUT2D eigenvalue weighted by Gasteiger charge is 2.23. The molecule has 0 atom stereocenters. The predicted molar refractivity (Wildman–Crippen MR) is 116 cm³/mol. The molecule has 0 aliphatic carbocycles. The van der Waals surface area contributed by atoms with E-state index in [1.165, 1.54) is 0 Å². The summed E-state index contributed by atoms with van der Waals surface area (Å²) in [5.41, 5.74) is 2.87. The van der Waals surface area contributed by atoms with Crippen LogP contribution in [0.15, 0.2) is 60.8 Å². The maximum Gasteiger partial charge on any atom is 0.255 e. The van der Waals surface area contributed by atoms with E-state index in [2.05, 4.69) is 10.6 Å². The average molecular weight is 413 g/mol. The summed E-state index contributed by atoms with van der Waals surface area (Å²) in [6, 6.07) is 17.6. The quantitative estimate of drug-likeness (QED) is 0.673. The highest BCUT2D eigenvalue weighted by molar-refractivity contribution is 6.00. The van der Waals surface area contributed by atoms with Crippen molar-refractivity contribution in [1.29, 1.82) is 0 Å². The van der Waals surface area contributed by atoms with Gasteiger partial charge in [-0.1, -0.05) is 30.3 Å². The van der Waals surface area contributed by atoms with E-state index in [9.17, 15) is 4.79 Å². The fourth-order valence-electron chi connectivity index (χ4n) is 3.52. The van der Waals surface area contributed by atoms with Crippen LogP contribution in [0.4, 0.5) is 0 Å². The Morgan fingerprint density at radius 1 is 1.10 bits per heavy atom. The zero-order valence-corrected chi connectivity index (χ0v) is 17.1. The Morgan fingerprint density at radius 2 is 1.79 bits per heavy atom. The van der Waals surface area contributed by atoms with Gasteiger partial charge in [0.1, 0.15) is 11.4 Å². The maximum atomic E-state index is 13.1. The van der Waals surface area contributed by atoms with Crippen molar-refractivity contribution < 1.29 is 9.53 Å². The van der Waals surface area contributed by atoms with Crippen molar-refractivity contribution in [1.82, 2.24) is 20.4 Å². The zero-order valence-electron chi connectivity index (χ0n) is 16.3. The van der Waals surface area contributed by atoms with E-state index in [0.29, 0.717) is 17.0 Å². The van der Waals surface area contributed by atoms with E-state index >= 15 is 0 Å². The van der Waals surface area contributed by atoms with Crippen LogP contribution in [0.3, 0.4) is 0 Å². The fraction of sp³-hybridized carbons (Fsp3) is 0.273. The van der Waals surface area contributed by atoms with Gasteiger partial charge in [-0.05, 0) is 50.2 Å². The lowest BCUT2D eigenvalue weighted by molar-refractivity contribution is 0.0930. The van der Waals surface area contributed by atoms with Crippen molar-refractivity contribution >= 4 is 18.3 Å². The largest absolute Gasteiger partial charge is 0.496 e. The van der Waals surface area contributed by atoms with E-state index in [0.717, 1.165) is 37.2 Å². The van der Waals surface area contributed by atoms with Crippen molar-refractivity contribution in [2.24, 2.45) is 0 Å². The van der Waals surface area contributed by atoms with Gasteiger partial charge >= 0.3 is 0 Å². The molecule has 1 aromatic heterocycles. The topological polar surface area (TPSA) is 68.2 Å². The minimum absolute atomic E-state index is 0. The van der Waals surface area contributed by atoms with E-state index in [4.69, 9.17) is 9.84 Å². The number of piperidine rings is 1. The number of methoxy groups -OCH3 is 1. The number of nitrogens with one attached hydrogen (secondary N) is 2. The second kappa shape index (κ2) is 9.58. The van der Waals surface area contributed by atoms with Crippen LogP contribution in [0, 0.1) is 0 Å². The number of hydrogen-bond acceptors (Lipinski definition) is 4. The maximum absolute atomic E-state index is 13.1. The highest BCUT2D eigenvalue weighted by atomic mass is 35.5. The summed E-state index contributed by atoms with van der Waals surface area (Å²) in [7, 11) is 1.63. The molecule has 4 rings (SSSR count). The van der Waals surface area contributed by atoms with Crippen molar-refractivity contribution in [2.75, 3.05) is 20.2 Å². The average Bonchev–Trinajstić information content (AvgIpc) is 3.20. The molecule has 29 heavy (non-hydrogen) atoms. The van der Waals surface area contributed by atoms with Crippen molar-refractivity contribution in [2.45, 2.75) is 18.9 Å². The van der Waals surface area contributed by atoms with Crippen LogP contribution in [0.25, 0.3) is 16.9 Å². The first-order chi connectivity index (χ1) is 13.8. The molecule has 0 unspecified atom stereocenters. The first-order valence-electron chi connectivity index (χ1n) is 9.56. The van der Waals surface area contributed by atoms with Gasteiger partial charge in [0, 0.05) is 17.8 Å². The molecular weight excluding hydrogens is 388 g/mol. The summed E-state index contributed by atoms with van der Waals surface area (Å²) in [4.78, 5) is 13.1. The van der Waals surface area contributed by atoms with Crippen molar-refractivity contribution in [3.63, 3.8) is 0 Å². The zero-order chi connectivity index (χ0) is 19.3. The molecule has 7 heteroatoms. The van der Waals surface area contributed by atoms with Gasteiger partial charge in [-0.25, -0.2) is 4.68 Å². The van der Waals surface area contributed by atoms with Gasteiger partial charge in [0.25, 0.3) is 5.91 Å². The molecular formula is C22H25ClN4O2. The third-order valence-corrected chi connectivity index (χ3v) is 5.02. The first-order valence-corrected chi connectivity index (χ1v) is 9.56. The molecule has 1 saturated heterocycles. The molecule has 1 aliphatic heterocycles. The number of ether oxygens (including phenoxy) is 1. The van der Waals surface area contributed by atoms with Crippen molar-refractivity contribution in [3.05, 3.63) is 66.4 Å². The molecule has 6 nitrogen and oxygen atoms in total. The summed E-state index contributed by atoms with van der Waals surface area (Å²) >= 11 is 0. The number of aromatic nitrogens is 2. The Morgan fingerprint density at radius 3 is 2.52 bits per heavy atom. The molecule has 0 bridgehead atoms.